The molecule has 102 valence electrons. The van der Waals surface area contributed by atoms with Gasteiger partial charge in [-0.05, 0) is 24.4 Å². The van der Waals surface area contributed by atoms with E-state index in [0.29, 0.717) is 5.39 Å². The van der Waals surface area contributed by atoms with Crippen molar-refractivity contribution in [2.24, 2.45) is 0 Å². The Morgan fingerprint density at radius 1 is 1.21 bits per heavy atom. The first-order valence-corrected chi connectivity index (χ1v) is 8.04. The lowest BCUT2D eigenvalue weighted by molar-refractivity contribution is 0.198. The minimum atomic E-state index is -3.63. The van der Waals surface area contributed by atoms with E-state index in [0.717, 1.165) is 9.86 Å². The topological polar surface area (TPSA) is 66.4 Å². The lowest BCUT2D eigenvalue weighted by atomic mass is 10.1. The van der Waals surface area contributed by atoms with E-state index in [2.05, 4.69) is 20.7 Å². The van der Waals surface area contributed by atoms with Crippen LogP contribution in [-0.4, -0.2) is 26.2 Å². The normalized spacial score (nSPS) is 13.6. The molecule has 0 heterocycles. The molecule has 19 heavy (non-hydrogen) atoms. The van der Waals surface area contributed by atoms with Gasteiger partial charge >= 0.3 is 0 Å². The highest BCUT2D eigenvalue weighted by atomic mass is 79.9. The zero-order valence-electron chi connectivity index (χ0n) is 10.3. The average molecular weight is 344 g/mol. The largest absolute Gasteiger partial charge is 0.392 e. The van der Waals surface area contributed by atoms with Crippen LogP contribution in [0.2, 0.25) is 0 Å². The van der Waals surface area contributed by atoms with E-state index in [1.54, 1.807) is 24.3 Å². The van der Waals surface area contributed by atoms with E-state index in [9.17, 15) is 13.5 Å². The van der Waals surface area contributed by atoms with Gasteiger partial charge in [0.05, 0.1) is 11.0 Å². The maximum absolute atomic E-state index is 12.2. The van der Waals surface area contributed by atoms with Crippen molar-refractivity contribution in [3.8, 4) is 0 Å². The molecule has 0 saturated carbocycles. The second-order valence-corrected chi connectivity index (χ2v) is 6.88. The van der Waals surface area contributed by atoms with Gasteiger partial charge in [-0.1, -0.05) is 40.2 Å². The minimum Gasteiger partial charge on any atom is -0.392 e. The molecule has 4 nitrogen and oxygen atoms in total. The predicted molar refractivity (Wildman–Crippen MR) is 78.5 cm³/mol. The number of hydrogen-bond acceptors (Lipinski definition) is 3. The van der Waals surface area contributed by atoms with Crippen molar-refractivity contribution in [2.75, 3.05) is 6.54 Å². The van der Waals surface area contributed by atoms with Crippen LogP contribution in [0.3, 0.4) is 0 Å². The summed E-state index contributed by atoms with van der Waals surface area (Å²) >= 11 is 3.40. The first-order chi connectivity index (χ1) is 8.92. The van der Waals surface area contributed by atoms with Crippen LogP contribution in [-0.2, 0) is 10.0 Å². The molecule has 2 rings (SSSR count). The van der Waals surface area contributed by atoms with Gasteiger partial charge in [0, 0.05) is 16.4 Å². The number of rotatable bonds is 4. The third-order valence-electron chi connectivity index (χ3n) is 2.69. The van der Waals surface area contributed by atoms with E-state index < -0.39 is 16.1 Å². The van der Waals surface area contributed by atoms with Crippen LogP contribution in [0.5, 0.6) is 0 Å². The summed E-state index contributed by atoms with van der Waals surface area (Å²) in [5, 5.41) is 10.7. The second-order valence-electron chi connectivity index (χ2n) is 4.29. The molecule has 0 aliphatic rings. The van der Waals surface area contributed by atoms with Crippen molar-refractivity contribution in [1.29, 1.82) is 0 Å². The summed E-state index contributed by atoms with van der Waals surface area (Å²) in [6.45, 7) is 1.52. The quantitative estimate of drug-likeness (QED) is 0.894. The molecular formula is C13H14BrNO3S. The van der Waals surface area contributed by atoms with Crippen LogP contribution in [0, 0.1) is 0 Å². The van der Waals surface area contributed by atoms with Gasteiger partial charge in [-0.2, -0.15) is 0 Å². The van der Waals surface area contributed by atoms with E-state index in [1.807, 2.05) is 12.1 Å². The average Bonchev–Trinajstić information content (AvgIpc) is 2.37. The first kappa shape index (κ1) is 14.5. The fourth-order valence-corrected chi connectivity index (χ4v) is 3.59. The van der Waals surface area contributed by atoms with E-state index in [4.69, 9.17) is 0 Å². The highest BCUT2D eigenvalue weighted by Crippen LogP contribution is 2.29. The molecule has 0 aliphatic carbocycles. The number of hydrogen-bond donors (Lipinski definition) is 2. The minimum absolute atomic E-state index is 0.00722. The Balaban J connectivity index is 2.54. The number of fused-ring (bicyclic) bond motifs is 1. The van der Waals surface area contributed by atoms with Crippen LogP contribution in [0.1, 0.15) is 6.92 Å². The maximum atomic E-state index is 12.2. The molecule has 0 bridgehead atoms. The molecule has 6 heteroatoms. The van der Waals surface area contributed by atoms with Crippen molar-refractivity contribution in [3.63, 3.8) is 0 Å². The van der Waals surface area contributed by atoms with Crippen LogP contribution >= 0.6 is 15.9 Å². The third-order valence-corrected chi connectivity index (χ3v) is 4.86. The summed E-state index contributed by atoms with van der Waals surface area (Å²) < 4.78 is 27.7. The number of nitrogens with one attached hydrogen (secondary N) is 1. The Morgan fingerprint density at radius 3 is 2.47 bits per heavy atom. The van der Waals surface area contributed by atoms with Gasteiger partial charge in [0.2, 0.25) is 10.0 Å². The van der Waals surface area contributed by atoms with E-state index in [-0.39, 0.29) is 11.4 Å². The van der Waals surface area contributed by atoms with Crippen LogP contribution in [0.4, 0.5) is 0 Å². The van der Waals surface area contributed by atoms with E-state index in [1.165, 1.54) is 6.92 Å². The zero-order chi connectivity index (χ0) is 14.0. The molecule has 2 N–H and O–H groups in total. The molecular weight excluding hydrogens is 330 g/mol. The number of aliphatic hydroxyl groups excluding tert-OH is 1. The van der Waals surface area contributed by atoms with Gasteiger partial charge in [-0.15, -0.1) is 0 Å². The molecule has 0 amide bonds. The SMILES string of the molecule is C[C@H](O)CNS(=O)(=O)c1ccc(Br)c2ccccc12. The summed E-state index contributed by atoms with van der Waals surface area (Å²) in [6.07, 6.45) is -0.725. The van der Waals surface area contributed by atoms with Gasteiger partial charge in [0.25, 0.3) is 0 Å². The summed E-state index contributed by atoms with van der Waals surface area (Å²) in [5.74, 6) is 0. The van der Waals surface area contributed by atoms with Crippen LogP contribution in [0.25, 0.3) is 10.8 Å². The summed E-state index contributed by atoms with van der Waals surface area (Å²) in [7, 11) is -3.63. The molecule has 0 spiro atoms. The Labute approximate surface area is 120 Å². The fourth-order valence-electron chi connectivity index (χ4n) is 1.78. The smallest absolute Gasteiger partial charge is 0.241 e. The fraction of sp³-hybridized carbons (Fsp3) is 0.231. The van der Waals surface area contributed by atoms with Crippen molar-refractivity contribution in [3.05, 3.63) is 40.9 Å². The number of sulfonamides is 1. The maximum Gasteiger partial charge on any atom is 0.241 e. The lowest BCUT2D eigenvalue weighted by Crippen LogP contribution is -2.30. The Hall–Kier alpha value is -0.950. The van der Waals surface area contributed by atoms with Gasteiger partial charge in [-0.3, -0.25) is 0 Å². The van der Waals surface area contributed by atoms with Gasteiger partial charge in [-0.25, -0.2) is 13.1 Å². The Bertz CT molecular complexity index is 698. The second kappa shape index (κ2) is 5.58. The number of halogens is 1. The summed E-state index contributed by atoms with van der Waals surface area (Å²) in [4.78, 5) is 0.215. The third kappa shape index (κ3) is 3.14. The van der Waals surface area contributed by atoms with Crippen LogP contribution < -0.4 is 4.72 Å². The molecule has 0 aromatic heterocycles. The highest BCUT2D eigenvalue weighted by Gasteiger charge is 2.18. The van der Waals surface area contributed by atoms with Crippen molar-refractivity contribution >= 4 is 36.7 Å². The van der Waals surface area contributed by atoms with Crippen LogP contribution in [0.15, 0.2) is 45.8 Å². The summed E-state index contributed by atoms with van der Waals surface area (Å²) in [5.41, 5.74) is 0. The number of benzene rings is 2. The molecule has 2 aromatic rings. The Kier molecular flexibility index (Phi) is 4.25. The van der Waals surface area contributed by atoms with Gasteiger partial charge in [0.15, 0.2) is 0 Å². The van der Waals surface area contributed by atoms with Crippen molar-refractivity contribution < 1.29 is 13.5 Å². The lowest BCUT2D eigenvalue weighted by Gasteiger charge is -2.11. The molecule has 0 radical (unpaired) electrons. The van der Waals surface area contributed by atoms with Gasteiger partial charge < -0.3 is 5.11 Å². The standard InChI is InChI=1S/C13H14BrNO3S/c1-9(16)8-15-19(17,18)13-7-6-12(14)10-4-2-3-5-11(10)13/h2-7,9,15-16H,8H2,1H3/t9-/m0/s1. The monoisotopic (exact) mass is 343 g/mol. The first-order valence-electron chi connectivity index (χ1n) is 5.77. The predicted octanol–water partition coefficient (Wildman–Crippen LogP) is 2.26. The zero-order valence-corrected chi connectivity index (χ0v) is 12.7. The molecule has 0 saturated heterocycles. The Morgan fingerprint density at radius 2 is 1.84 bits per heavy atom. The molecule has 2 aromatic carbocycles. The molecule has 0 aliphatic heterocycles. The summed E-state index contributed by atoms with van der Waals surface area (Å²) in [6, 6.07) is 10.5. The highest BCUT2D eigenvalue weighted by molar-refractivity contribution is 9.10. The van der Waals surface area contributed by atoms with Crippen molar-refractivity contribution in [2.45, 2.75) is 17.9 Å². The molecule has 0 fully saturated rings. The number of aliphatic hydroxyl groups is 1. The van der Waals surface area contributed by atoms with E-state index >= 15 is 0 Å². The molecule has 0 unspecified atom stereocenters. The molecule has 1 atom stereocenters. The van der Waals surface area contributed by atoms with Crippen molar-refractivity contribution in [1.82, 2.24) is 4.72 Å². The van der Waals surface area contributed by atoms with Gasteiger partial charge in [0.1, 0.15) is 0 Å².